The van der Waals surface area contributed by atoms with E-state index in [1.54, 1.807) is 25.1 Å². The summed E-state index contributed by atoms with van der Waals surface area (Å²) in [7, 11) is -2.54. The Morgan fingerprint density at radius 2 is 1.93 bits per heavy atom. The third kappa shape index (κ3) is 5.42. The fourth-order valence-corrected chi connectivity index (χ4v) is 4.16. The average Bonchev–Trinajstić information content (AvgIpc) is 2.66. The fraction of sp³-hybridized carbons (Fsp3) is 0.250. The minimum absolute atomic E-state index is 0.0393. The molecule has 2 aromatic carbocycles. The second-order valence-corrected chi connectivity index (χ2v) is 7.91. The van der Waals surface area contributed by atoms with Gasteiger partial charge in [-0.2, -0.15) is 4.31 Å². The lowest BCUT2D eigenvalue weighted by molar-refractivity contribution is -0.121. The molecule has 0 aliphatic carbocycles. The lowest BCUT2D eigenvalue weighted by Crippen LogP contribution is -2.40. The van der Waals surface area contributed by atoms with E-state index in [4.69, 9.17) is 4.74 Å². The molecule has 2 rings (SSSR count). The smallest absolute Gasteiger partial charge is 0.247 e. The topological polar surface area (TPSA) is 75.7 Å². The first kappa shape index (κ1) is 20.7. The molecule has 2 aromatic rings. The van der Waals surface area contributed by atoms with Gasteiger partial charge in [0, 0.05) is 13.1 Å². The quantitative estimate of drug-likeness (QED) is 0.670. The zero-order valence-corrected chi connectivity index (χ0v) is 16.3. The Morgan fingerprint density at radius 1 is 1.22 bits per heavy atom. The van der Waals surface area contributed by atoms with E-state index in [9.17, 15) is 13.2 Å². The molecule has 6 nitrogen and oxygen atoms in total. The highest BCUT2D eigenvalue weighted by atomic mass is 32.2. The van der Waals surface area contributed by atoms with E-state index in [0.717, 1.165) is 15.4 Å². The van der Waals surface area contributed by atoms with E-state index in [1.165, 1.54) is 13.2 Å². The number of nitrogens with zero attached hydrogens (tertiary/aromatic N) is 1. The Morgan fingerprint density at radius 3 is 2.56 bits per heavy atom. The van der Waals surface area contributed by atoms with E-state index in [0.29, 0.717) is 0 Å². The number of ether oxygens (including phenoxy) is 1. The van der Waals surface area contributed by atoms with Gasteiger partial charge in [0.25, 0.3) is 0 Å². The summed E-state index contributed by atoms with van der Waals surface area (Å²) in [5.41, 5.74) is 1.56. The summed E-state index contributed by atoms with van der Waals surface area (Å²) in [5.74, 6) is -0.161. The van der Waals surface area contributed by atoms with Crippen LogP contribution in [0.2, 0.25) is 0 Å². The monoisotopic (exact) mass is 388 g/mol. The van der Waals surface area contributed by atoms with Crippen molar-refractivity contribution in [3.05, 3.63) is 72.3 Å². The zero-order chi connectivity index (χ0) is 19.9. The first-order valence-electron chi connectivity index (χ1n) is 8.44. The Labute approximate surface area is 160 Å². The summed E-state index contributed by atoms with van der Waals surface area (Å²) in [6, 6.07) is 14.1. The number of hydrogen-bond donors (Lipinski definition) is 1. The summed E-state index contributed by atoms with van der Waals surface area (Å²) in [6.07, 6.45) is 1.54. The van der Waals surface area contributed by atoms with Gasteiger partial charge in [-0.05, 0) is 30.2 Å². The molecule has 0 atom stereocenters. The molecule has 0 saturated carbocycles. The van der Waals surface area contributed by atoms with Gasteiger partial charge >= 0.3 is 0 Å². The molecule has 0 spiro atoms. The molecular weight excluding hydrogens is 364 g/mol. The van der Waals surface area contributed by atoms with Crippen molar-refractivity contribution in [2.75, 3.05) is 20.2 Å². The van der Waals surface area contributed by atoms with Gasteiger partial charge in [0.05, 0.1) is 13.7 Å². The number of methoxy groups -OCH3 is 1. The van der Waals surface area contributed by atoms with Crippen LogP contribution in [-0.4, -0.2) is 38.8 Å². The molecule has 0 radical (unpaired) electrons. The van der Waals surface area contributed by atoms with Crippen molar-refractivity contribution < 1.29 is 17.9 Å². The highest BCUT2D eigenvalue weighted by Gasteiger charge is 2.29. The normalized spacial score (nSPS) is 11.2. The van der Waals surface area contributed by atoms with Crippen LogP contribution in [0.1, 0.15) is 11.1 Å². The van der Waals surface area contributed by atoms with Crippen LogP contribution in [0.15, 0.2) is 66.1 Å². The number of amides is 1. The fourth-order valence-electron chi connectivity index (χ4n) is 2.54. The highest BCUT2D eigenvalue weighted by Crippen LogP contribution is 2.28. The van der Waals surface area contributed by atoms with E-state index in [2.05, 4.69) is 11.9 Å². The van der Waals surface area contributed by atoms with Crippen LogP contribution < -0.4 is 10.1 Å². The molecule has 0 unspecified atom stereocenters. The van der Waals surface area contributed by atoms with E-state index < -0.39 is 15.9 Å². The first-order chi connectivity index (χ1) is 12.9. The maximum atomic E-state index is 13.3. The molecule has 0 bridgehead atoms. The van der Waals surface area contributed by atoms with Crippen molar-refractivity contribution in [3.63, 3.8) is 0 Å². The van der Waals surface area contributed by atoms with E-state index in [1.807, 2.05) is 30.3 Å². The van der Waals surface area contributed by atoms with E-state index in [-0.39, 0.29) is 30.3 Å². The molecular formula is C20H24N2O4S. The van der Waals surface area contributed by atoms with Gasteiger partial charge in [-0.1, -0.05) is 42.5 Å². The summed E-state index contributed by atoms with van der Waals surface area (Å²) in [4.78, 5) is 12.2. The molecule has 1 amide bonds. The van der Waals surface area contributed by atoms with Gasteiger partial charge < -0.3 is 10.1 Å². The molecule has 7 heteroatoms. The van der Waals surface area contributed by atoms with Gasteiger partial charge in [0.1, 0.15) is 10.6 Å². The predicted octanol–water partition coefficient (Wildman–Crippen LogP) is 2.50. The molecule has 0 aliphatic rings. The number of carbonyl (C=O) groups excluding carboxylic acids is 1. The van der Waals surface area contributed by atoms with Gasteiger partial charge in [-0.15, -0.1) is 6.58 Å². The lowest BCUT2D eigenvalue weighted by Gasteiger charge is -2.23. The Bertz CT molecular complexity index is 895. The van der Waals surface area contributed by atoms with Crippen LogP contribution in [-0.2, 0) is 21.4 Å². The number of nitrogens with one attached hydrogen (secondary N) is 1. The molecule has 0 saturated heterocycles. The molecule has 27 heavy (non-hydrogen) atoms. The van der Waals surface area contributed by atoms with Crippen molar-refractivity contribution >= 4 is 15.9 Å². The van der Waals surface area contributed by atoms with Crippen LogP contribution >= 0.6 is 0 Å². The van der Waals surface area contributed by atoms with Crippen LogP contribution in [0.5, 0.6) is 5.75 Å². The zero-order valence-electron chi connectivity index (χ0n) is 15.5. The van der Waals surface area contributed by atoms with Gasteiger partial charge in [-0.25, -0.2) is 8.42 Å². The number of sulfonamides is 1. The maximum Gasteiger partial charge on any atom is 0.247 e. The third-order valence-corrected chi connectivity index (χ3v) is 5.72. The maximum absolute atomic E-state index is 13.3. The largest absolute Gasteiger partial charge is 0.495 e. The van der Waals surface area contributed by atoms with Crippen LogP contribution in [0.4, 0.5) is 0 Å². The van der Waals surface area contributed by atoms with Crippen molar-refractivity contribution in [1.29, 1.82) is 0 Å². The van der Waals surface area contributed by atoms with Gasteiger partial charge in [-0.3, -0.25) is 4.79 Å². The number of rotatable bonds is 9. The number of carbonyl (C=O) groups is 1. The van der Waals surface area contributed by atoms with Crippen molar-refractivity contribution in [2.45, 2.75) is 18.4 Å². The van der Waals surface area contributed by atoms with E-state index >= 15 is 0 Å². The van der Waals surface area contributed by atoms with Crippen molar-refractivity contribution in [3.8, 4) is 5.75 Å². The standard InChI is InChI=1S/C20H24N2O4S/c1-4-12-21-20(23)15-22(14-17-8-6-5-7-9-17)27(24,25)19-13-16(2)10-11-18(19)26-3/h4-11,13H,1,12,14-15H2,2-3H3,(H,21,23). The number of aryl methyl sites for hydroxylation is 1. The average molecular weight is 388 g/mol. The highest BCUT2D eigenvalue weighted by molar-refractivity contribution is 7.89. The van der Waals surface area contributed by atoms with Crippen molar-refractivity contribution in [1.82, 2.24) is 9.62 Å². The van der Waals surface area contributed by atoms with Gasteiger partial charge in [0.2, 0.25) is 15.9 Å². The molecule has 0 heterocycles. The van der Waals surface area contributed by atoms with Crippen LogP contribution in [0.25, 0.3) is 0 Å². The number of hydrogen-bond acceptors (Lipinski definition) is 4. The predicted molar refractivity (Wildman–Crippen MR) is 105 cm³/mol. The summed E-state index contributed by atoms with van der Waals surface area (Å²) in [6.45, 7) is 5.38. The molecule has 0 fully saturated rings. The minimum Gasteiger partial charge on any atom is -0.495 e. The summed E-state index contributed by atoms with van der Waals surface area (Å²) in [5, 5.41) is 2.62. The Hall–Kier alpha value is -2.64. The van der Waals surface area contributed by atoms with Crippen LogP contribution in [0.3, 0.4) is 0 Å². The summed E-state index contributed by atoms with van der Waals surface area (Å²) < 4.78 is 33.0. The SMILES string of the molecule is C=CCNC(=O)CN(Cc1ccccc1)S(=O)(=O)c1cc(C)ccc1OC. The Kier molecular flexibility index (Phi) is 7.15. The second-order valence-electron chi connectivity index (χ2n) is 6.01. The van der Waals surface area contributed by atoms with Crippen molar-refractivity contribution in [2.24, 2.45) is 0 Å². The molecule has 0 aromatic heterocycles. The molecule has 144 valence electrons. The molecule has 0 aliphatic heterocycles. The Balaban J connectivity index is 2.42. The number of benzene rings is 2. The lowest BCUT2D eigenvalue weighted by atomic mass is 10.2. The van der Waals surface area contributed by atoms with Gasteiger partial charge in [0.15, 0.2) is 0 Å². The summed E-state index contributed by atoms with van der Waals surface area (Å²) >= 11 is 0. The molecule has 1 N–H and O–H groups in total. The van der Waals surface area contributed by atoms with Crippen LogP contribution in [0, 0.1) is 6.92 Å². The third-order valence-electron chi connectivity index (χ3n) is 3.90. The first-order valence-corrected chi connectivity index (χ1v) is 9.88. The second kappa shape index (κ2) is 9.34. The minimum atomic E-state index is -3.96.